The third-order valence-electron chi connectivity index (χ3n) is 9.07. The van der Waals surface area contributed by atoms with Gasteiger partial charge in [-0.1, -0.05) is 57.9 Å². The fourth-order valence-electron chi connectivity index (χ4n) is 7.18. The molecule has 4 heteroatoms. The summed E-state index contributed by atoms with van der Waals surface area (Å²) in [6.07, 6.45) is 13.0. The predicted molar refractivity (Wildman–Crippen MR) is 139 cm³/mol. The number of hydrogen-bond donors (Lipinski definition) is 3. The Hall–Kier alpha value is -0.940. The Morgan fingerprint density at radius 2 is 1.97 bits per heavy atom. The zero-order chi connectivity index (χ0) is 25.1. The van der Waals surface area contributed by atoms with E-state index in [1.54, 1.807) is 0 Å². The maximum atomic E-state index is 10.7. The lowest BCUT2D eigenvalue weighted by Crippen LogP contribution is -2.45. The number of allylic oxidation sites excluding steroid dienone is 3. The standard InChI is InChI=1S/C30H50O4/c1-7-18-34-28-26(31)19-23(21(3)27(28)32)13-12-22-11-9-17-30(6)24(14-15-25(22)30)20(2)10-8-16-29(4,5)33/h12-13,20,24-28,31-33H,3,7-11,14-19H2,1-2,4-6H3/b22-12+,23-13-/t20-,24-,25+,26+,27+,28-,30-/m1/s1. The molecule has 4 nitrogen and oxygen atoms in total. The Morgan fingerprint density at radius 1 is 1.24 bits per heavy atom. The van der Waals surface area contributed by atoms with Crippen molar-refractivity contribution in [3.05, 3.63) is 35.5 Å². The Kier molecular flexibility index (Phi) is 9.28. The van der Waals surface area contributed by atoms with E-state index in [1.807, 2.05) is 20.8 Å². The van der Waals surface area contributed by atoms with Crippen molar-refractivity contribution in [3.8, 4) is 0 Å². The third kappa shape index (κ3) is 6.24. The van der Waals surface area contributed by atoms with Crippen LogP contribution in [-0.2, 0) is 4.74 Å². The number of ether oxygens (including phenoxy) is 1. The van der Waals surface area contributed by atoms with Gasteiger partial charge in [0.15, 0.2) is 0 Å². The second-order valence-electron chi connectivity index (χ2n) is 12.3. The van der Waals surface area contributed by atoms with Gasteiger partial charge in [-0.3, -0.25) is 0 Å². The zero-order valence-corrected chi connectivity index (χ0v) is 22.4. The summed E-state index contributed by atoms with van der Waals surface area (Å²) in [5.41, 5.74) is 2.95. The maximum Gasteiger partial charge on any atom is 0.114 e. The first-order valence-corrected chi connectivity index (χ1v) is 13.8. The lowest BCUT2D eigenvalue weighted by atomic mass is 9.60. The highest BCUT2D eigenvalue weighted by Gasteiger charge is 2.50. The largest absolute Gasteiger partial charge is 0.390 e. The van der Waals surface area contributed by atoms with Crippen LogP contribution >= 0.6 is 0 Å². The molecule has 0 amide bonds. The molecule has 0 spiro atoms. The highest BCUT2D eigenvalue weighted by atomic mass is 16.5. The summed E-state index contributed by atoms with van der Waals surface area (Å²) in [4.78, 5) is 0. The molecule has 194 valence electrons. The SMILES string of the molecule is C=C1/C(=C\C=C2/CCC[C@]3(C)[C@@H]([C@H](C)CCCC(C)(C)O)CC[C@@H]23)C[C@H](O)[C@@H](OCCC)[C@H]1O. The molecule has 3 saturated carbocycles. The fourth-order valence-corrected chi connectivity index (χ4v) is 7.18. The second-order valence-corrected chi connectivity index (χ2v) is 12.3. The molecule has 0 saturated heterocycles. The molecular formula is C30H50O4. The van der Waals surface area contributed by atoms with Gasteiger partial charge in [0.1, 0.15) is 12.2 Å². The molecule has 3 aliphatic carbocycles. The molecule has 3 fully saturated rings. The Morgan fingerprint density at radius 3 is 2.65 bits per heavy atom. The molecule has 3 aliphatic rings. The van der Waals surface area contributed by atoms with Crippen molar-refractivity contribution < 1.29 is 20.1 Å². The Bertz CT molecular complexity index is 760. The van der Waals surface area contributed by atoms with Gasteiger partial charge >= 0.3 is 0 Å². The van der Waals surface area contributed by atoms with E-state index in [1.165, 1.54) is 37.7 Å². The summed E-state index contributed by atoms with van der Waals surface area (Å²) in [7, 11) is 0. The normalized spacial score (nSPS) is 37.9. The second kappa shape index (κ2) is 11.4. The van der Waals surface area contributed by atoms with Crippen LogP contribution in [0.2, 0.25) is 0 Å². The minimum atomic E-state index is -0.850. The van der Waals surface area contributed by atoms with Gasteiger partial charge in [-0.25, -0.2) is 0 Å². The van der Waals surface area contributed by atoms with E-state index in [4.69, 9.17) is 4.74 Å². The van der Waals surface area contributed by atoms with Gasteiger partial charge in [-0.2, -0.15) is 0 Å². The van der Waals surface area contributed by atoms with Gasteiger partial charge < -0.3 is 20.1 Å². The smallest absolute Gasteiger partial charge is 0.114 e. The Balaban J connectivity index is 1.69. The molecule has 0 heterocycles. The lowest BCUT2D eigenvalue weighted by molar-refractivity contribution is -0.0947. The van der Waals surface area contributed by atoms with E-state index >= 15 is 0 Å². The molecule has 0 aromatic rings. The van der Waals surface area contributed by atoms with Crippen LogP contribution in [-0.4, -0.2) is 45.8 Å². The average Bonchev–Trinajstić information content (AvgIpc) is 3.12. The summed E-state index contributed by atoms with van der Waals surface area (Å²) >= 11 is 0. The van der Waals surface area contributed by atoms with Crippen molar-refractivity contribution in [2.75, 3.05) is 6.61 Å². The molecule has 0 radical (unpaired) electrons. The van der Waals surface area contributed by atoms with Crippen molar-refractivity contribution in [1.82, 2.24) is 0 Å². The van der Waals surface area contributed by atoms with Crippen LogP contribution < -0.4 is 0 Å². The average molecular weight is 475 g/mol. The number of rotatable bonds is 9. The van der Waals surface area contributed by atoms with Crippen LogP contribution in [0.15, 0.2) is 35.5 Å². The summed E-state index contributed by atoms with van der Waals surface area (Å²) in [5, 5.41) is 31.4. The summed E-state index contributed by atoms with van der Waals surface area (Å²) in [6.45, 7) is 15.5. The highest BCUT2D eigenvalue weighted by Crippen LogP contribution is 2.60. The first kappa shape index (κ1) is 27.6. The number of hydrogen-bond acceptors (Lipinski definition) is 4. The molecule has 0 aliphatic heterocycles. The minimum absolute atomic E-state index is 0.346. The molecule has 3 rings (SSSR count). The molecule has 7 atom stereocenters. The highest BCUT2D eigenvalue weighted by molar-refractivity contribution is 5.40. The summed E-state index contributed by atoms with van der Waals surface area (Å²) < 4.78 is 5.70. The van der Waals surface area contributed by atoms with Crippen molar-refractivity contribution in [3.63, 3.8) is 0 Å². The van der Waals surface area contributed by atoms with Crippen LogP contribution in [0.25, 0.3) is 0 Å². The van der Waals surface area contributed by atoms with Crippen molar-refractivity contribution in [2.24, 2.45) is 23.2 Å². The quantitative estimate of drug-likeness (QED) is 0.377. The van der Waals surface area contributed by atoms with Crippen LogP contribution in [0.3, 0.4) is 0 Å². The van der Waals surface area contributed by atoms with E-state index in [2.05, 4.69) is 32.6 Å². The van der Waals surface area contributed by atoms with Crippen LogP contribution in [0.4, 0.5) is 0 Å². The van der Waals surface area contributed by atoms with Gasteiger partial charge in [0, 0.05) is 13.0 Å². The molecule has 3 N–H and O–H groups in total. The van der Waals surface area contributed by atoms with E-state index in [-0.39, 0.29) is 0 Å². The van der Waals surface area contributed by atoms with Crippen LogP contribution in [0.1, 0.15) is 98.8 Å². The molecule has 34 heavy (non-hydrogen) atoms. The third-order valence-corrected chi connectivity index (χ3v) is 9.07. The van der Waals surface area contributed by atoms with Gasteiger partial charge in [0.05, 0.1) is 11.7 Å². The van der Waals surface area contributed by atoms with Crippen molar-refractivity contribution in [2.45, 2.75) is 123 Å². The van der Waals surface area contributed by atoms with Gasteiger partial charge in [0.2, 0.25) is 0 Å². The minimum Gasteiger partial charge on any atom is -0.390 e. The number of aliphatic hydroxyl groups excluding tert-OH is 2. The topological polar surface area (TPSA) is 69.9 Å². The molecule has 0 bridgehead atoms. The Labute approximate surface area is 208 Å². The van der Waals surface area contributed by atoms with Crippen LogP contribution in [0, 0.1) is 23.2 Å². The van der Waals surface area contributed by atoms with E-state index in [9.17, 15) is 15.3 Å². The van der Waals surface area contributed by atoms with Gasteiger partial charge in [-0.15, -0.1) is 0 Å². The van der Waals surface area contributed by atoms with E-state index in [0.29, 0.717) is 35.9 Å². The number of fused-ring (bicyclic) bond motifs is 1. The molecular weight excluding hydrogens is 424 g/mol. The summed E-state index contributed by atoms with van der Waals surface area (Å²) in [5.74, 6) is 2.03. The van der Waals surface area contributed by atoms with Gasteiger partial charge in [-0.05, 0) is 93.1 Å². The lowest BCUT2D eigenvalue weighted by Gasteiger charge is -2.44. The molecule has 0 unspecified atom stereocenters. The summed E-state index contributed by atoms with van der Waals surface area (Å²) in [6, 6.07) is 0. The predicted octanol–water partition coefficient (Wildman–Crippen LogP) is 6.11. The van der Waals surface area contributed by atoms with Crippen LogP contribution in [0.5, 0.6) is 0 Å². The first-order valence-electron chi connectivity index (χ1n) is 13.8. The van der Waals surface area contributed by atoms with Crippen molar-refractivity contribution >= 4 is 0 Å². The number of aliphatic hydroxyl groups is 3. The fraction of sp³-hybridized carbons (Fsp3) is 0.800. The van der Waals surface area contributed by atoms with E-state index in [0.717, 1.165) is 37.2 Å². The monoisotopic (exact) mass is 474 g/mol. The van der Waals surface area contributed by atoms with E-state index < -0.39 is 23.9 Å². The molecule has 0 aromatic carbocycles. The molecule has 0 aromatic heterocycles. The maximum absolute atomic E-state index is 10.7. The van der Waals surface area contributed by atoms with Crippen molar-refractivity contribution in [1.29, 1.82) is 0 Å². The zero-order valence-electron chi connectivity index (χ0n) is 22.4. The first-order chi connectivity index (χ1) is 16.0. The van der Waals surface area contributed by atoms with Gasteiger partial charge in [0.25, 0.3) is 0 Å².